The molecule has 0 aliphatic carbocycles. The summed E-state index contributed by atoms with van der Waals surface area (Å²) in [5.41, 5.74) is -1.39. The Labute approximate surface area is 181 Å². The van der Waals surface area contributed by atoms with Crippen molar-refractivity contribution in [3.8, 4) is 5.75 Å². The number of amides is 1. The number of nitro groups is 1. The monoisotopic (exact) mass is 438 g/mol. The Bertz CT molecular complexity index is 833. The molecule has 1 aliphatic rings. The van der Waals surface area contributed by atoms with Crippen molar-refractivity contribution in [3.63, 3.8) is 0 Å². The summed E-state index contributed by atoms with van der Waals surface area (Å²) >= 11 is 0. The van der Waals surface area contributed by atoms with Crippen molar-refractivity contribution >= 4 is 12.1 Å². The van der Waals surface area contributed by atoms with Crippen LogP contribution in [0, 0.1) is 10.1 Å². The number of hydrogen-bond donors (Lipinski definition) is 1. The fourth-order valence-corrected chi connectivity index (χ4v) is 3.47. The zero-order valence-electron chi connectivity index (χ0n) is 18.7. The van der Waals surface area contributed by atoms with Gasteiger partial charge in [0.1, 0.15) is 23.2 Å². The lowest BCUT2D eigenvalue weighted by Gasteiger charge is -2.36. The molecule has 0 aromatic heterocycles. The van der Waals surface area contributed by atoms with E-state index in [0.717, 1.165) is 0 Å². The predicted octanol–water partition coefficient (Wildman–Crippen LogP) is 2.53. The van der Waals surface area contributed by atoms with E-state index in [0.29, 0.717) is 5.56 Å². The zero-order valence-corrected chi connectivity index (χ0v) is 18.7. The summed E-state index contributed by atoms with van der Waals surface area (Å²) in [7, 11) is 0. The van der Waals surface area contributed by atoms with E-state index < -0.39 is 46.5 Å². The summed E-state index contributed by atoms with van der Waals surface area (Å²) in [4.78, 5) is 36.4. The van der Waals surface area contributed by atoms with Crippen LogP contribution in [0.15, 0.2) is 24.3 Å². The van der Waals surface area contributed by atoms with Crippen molar-refractivity contribution in [1.29, 1.82) is 0 Å². The molecule has 1 aliphatic heterocycles. The Morgan fingerprint density at radius 1 is 1.39 bits per heavy atom. The molecule has 3 atom stereocenters. The van der Waals surface area contributed by atoms with Gasteiger partial charge in [-0.25, -0.2) is 4.79 Å². The van der Waals surface area contributed by atoms with Crippen molar-refractivity contribution in [2.75, 3.05) is 6.61 Å². The van der Waals surface area contributed by atoms with Crippen LogP contribution in [0.3, 0.4) is 0 Å². The quantitative estimate of drug-likeness (QED) is 0.310. The molecule has 0 spiro atoms. The van der Waals surface area contributed by atoms with Crippen molar-refractivity contribution in [2.24, 2.45) is 0 Å². The highest BCUT2D eigenvalue weighted by atomic mass is 16.6. The first-order valence-corrected chi connectivity index (χ1v) is 9.96. The first-order chi connectivity index (χ1) is 14.2. The van der Waals surface area contributed by atoms with Gasteiger partial charge >= 0.3 is 12.1 Å². The lowest BCUT2D eigenvalue weighted by molar-refractivity contribution is -0.535. The van der Waals surface area contributed by atoms with Crippen molar-refractivity contribution < 1.29 is 33.8 Å². The van der Waals surface area contributed by atoms with Crippen LogP contribution in [0.5, 0.6) is 5.75 Å². The molecular weight excluding hydrogens is 408 g/mol. The molecule has 1 amide bonds. The lowest BCUT2D eigenvalue weighted by atomic mass is 9.96. The van der Waals surface area contributed by atoms with Gasteiger partial charge < -0.3 is 19.3 Å². The largest absolute Gasteiger partial charge is 0.444 e. The fourth-order valence-electron chi connectivity index (χ4n) is 3.47. The first kappa shape index (κ1) is 24.5. The Balaban J connectivity index is 2.27. The maximum Gasteiger partial charge on any atom is 0.412 e. The summed E-state index contributed by atoms with van der Waals surface area (Å²) in [6.07, 6.45) is -2.39. The van der Waals surface area contributed by atoms with E-state index in [1.165, 1.54) is 17.9 Å². The van der Waals surface area contributed by atoms with Gasteiger partial charge in [-0.3, -0.25) is 19.8 Å². The summed E-state index contributed by atoms with van der Waals surface area (Å²) < 4.78 is 16.1. The molecule has 0 bridgehead atoms. The first-order valence-electron chi connectivity index (χ1n) is 9.96. The number of aliphatic hydroxyl groups is 1. The maximum atomic E-state index is 12.8. The van der Waals surface area contributed by atoms with Crippen LogP contribution in [-0.4, -0.2) is 63.1 Å². The second-order valence-electron chi connectivity index (χ2n) is 8.96. The van der Waals surface area contributed by atoms with Gasteiger partial charge in [0.25, 0.3) is 0 Å². The minimum Gasteiger partial charge on any atom is -0.444 e. The van der Waals surface area contributed by atoms with Crippen LogP contribution in [0.4, 0.5) is 4.79 Å². The molecule has 1 heterocycles. The molecule has 1 fully saturated rings. The normalized spacial score (nSPS) is 20.1. The average Bonchev–Trinajstić information content (AvgIpc) is 2.92. The van der Waals surface area contributed by atoms with Gasteiger partial charge in [-0.05, 0) is 52.3 Å². The number of esters is 1. The van der Waals surface area contributed by atoms with Gasteiger partial charge in [-0.15, -0.1) is 0 Å². The minimum atomic E-state index is -1.53. The van der Waals surface area contributed by atoms with Gasteiger partial charge in [0.05, 0.1) is 12.6 Å². The molecule has 2 rings (SSSR count). The predicted molar refractivity (Wildman–Crippen MR) is 110 cm³/mol. The second-order valence-corrected chi connectivity index (χ2v) is 8.96. The maximum absolute atomic E-state index is 12.8. The summed E-state index contributed by atoms with van der Waals surface area (Å²) in [6, 6.07) is 3.89. The smallest absolute Gasteiger partial charge is 0.412 e. The molecule has 1 saturated heterocycles. The molecule has 1 aromatic carbocycles. The van der Waals surface area contributed by atoms with E-state index in [1.54, 1.807) is 52.8 Å². The Hall–Kier alpha value is -2.72. The number of aliphatic hydroxyl groups excluding tert-OH is 1. The third kappa shape index (κ3) is 6.38. The SMILES string of the molecule is CC(=O)Oc1cccc(C[C@@H](C(O)[C@H]2COC(C)(C)N2C(=O)OC(C)(C)C)[N+](=O)[O-])c1. The van der Waals surface area contributed by atoms with Crippen molar-refractivity contribution in [1.82, 2.24) is 4.90 Å². The molecule has 0 radical (unpaired) electrons. The van der Waals surface area contributed by atoms with E-state index in [4.69, 9.17) is 14.2 Å². The number of carbonyl (C=O) groups excluding carboxylic acids is 2. The van der Waals surface area contributed by atoms with Gasteiger partial charge in [0.15, 0.2) is 0 Å². The summed E-state index contributed by atoms with van der Waals surface area (Å²) in [6.45, 7) is 9.55. The highest BCUT2D eigenvalue weighted by Gasteiger charge is 2.52. The van der Waals surface area contributed by atoms with E-state index in [9.17, 15) is 24.8 Å². The van der Waals surface area contributed by atoms with Crippen LogP contribution < -0.4 is 4.74 Å². The van der Waals surface area contributed by atoms with Crippen molar-refractivity contribution in [2.45, 2.75) is 77.5 Å². The third-order valence-electron chi connectivity index (χ3n) is 4.77. The van der Waals surface area contributed by atoms with Gasteiger partial charge in [-0.1, -0.05) is 12.1 Å². The fraction of sp³-hybridized carbons (Fsp3) is 0.619. The number of hydrogen-bond acceptors (Lipinski definition) is 8. The molecule has 0 saturated carbocycles. The van der Waals surface area contributed by atoms with Gasteiger partial charge in [0, 0.05) is 18.3 Å². The number of ether oxygens (including phenoxy) is 3. The third-order valence-corrected chi connectivity index (χ3v) is 4.77. The summed E-state index contributed by atoms with van der Waals surface area (Å²) in [5.74, 6) is -0.261. The Kier molecular flexibility index (Phi) is 7.28. The minimum absolute atomic E-state index is 0.0781. The highest BCUT2D eigenvalue weighted by molar-refractivity contribution is 5.70. The second kappa shape index (κ2) is 9.19. The molecular formula is C21H30N2O8. The number of nitrogens with zero attached hydrogens (tertiary/aromatic N) is 2. The number of benzene rings is 1. The summed E-state index contributed by atoms with van der Waals surface area (Å²) in [5, 5.41) is 22.8. The van der Waals surface area contributed by atoms with E-state index in [1.807, 2.05) is 0 Å². The van der Waals surface area contributed by atoms with Gasteiger partial charge in [-0.2, -0.15) is 0 Å². The average molecular weight is 438 g/mol. The molecule has 1 aromatic rings. The lowest BCUT2D eigenvalue weighted by Crippen LogP contribution is -2.57. The van der Waals surface area contributed by atoms with E-state index in [2.05, 4.69) is 0 Å². The molecule has 172 valence electrons. The Morgan fingerprint density at radius 3 is 2.58 bits per heavy atom. The van der Waals surface area contributed by atoms with Crippen molar-refractivity contribution in [3.05, 3.63) is 39.9 Å². The molecule has 1 N–H and O–H groups in total. The van der Waals surface area contributed by atoms with Crippen LogP contribution >= 0.6 is 0 Å². The van der Waals surface area contributed by atoms with Crippen LogP contribution in [0.25, 0.3) is 0 Å². The zero-order chi connectivity index (χ0) is 23.6. The topological polar surface area (TPSA) is 128 Å². The molecule has 31 heavy (non-hydrogen) atoms. The number of rotatable bonds is 6. The highest BCUT2D eigenvalue weighted by Crippen LogP contribution is 2.32. The molecule has 10 heteroatoms. The van der Waals surface area contributed by atoms with E-state index in [-0.39, 0.29) is 18.8 Å². The van der Waals surface area contributed by atoms with Crippen LogP contribution in [-0.2, 0) is 20.7 Å². The standard InChI is InChI=1S/C21H30N2O8/c1-13(24)30-15-9-7-8-14(10-15)11-16(23(27)28)18(25)17-12-29-21(5,6)22(17)19(26)31-20(2,3)4/h7-10,16-18,25H,11-12H2,1-6H3/t16-,17+,18?/m0/s1. The van der Waals surface area contributed by atoms with Gasteiger partial charge in [0.2, 0.25) is 6.04 Å². The molecule has 10 nitrogen and oxygen atoms in total. The van der Waals surface area contributed by atoms with Crippen LogP contribution in [0.1, 0.15) is 47.1 Å². The van der Waals surface area contributed by atoms with Crippen LogP contribution in [0.2, 0.25) is 0 Å². The molecule has 1 unspecified atom stereocenters. The van der Waals surface area contributed by atoms with E-state index >= 15 is 0 Å². The Morgan fingerprint density at radius 2 is 2.03 bits per heavy atom. The number of carbonyl (C=O) groups is 2.